The number of hydrogen-bond donors (Lipinski definition) is 1. The Hall–Kier alpha value is -0.480. The highest BCUT2D eigenvalue weighted by atomic mass is 127. The van der Waals surface area contributed by atoms with Gasteiger partial charge in [-0.05, 0) is 71.9 Å². The van der Waals surface area contributed by atoms with Gasteiger partial charge in [0.1, 0.15) is 6.54 Å². The SMILES string of the molecule is CS(=O)(=O)N(CC(=O)NCCCSC1CCCCC1)c1ccc(I)cc1. The monoisotopic (exact) mass is 510 g/mol. The van der Waals surface area contributed by atoms with E-state index in [1.165, 1.54) is 32.1 Å². The van der Waals surface area contributed by atoms with Crippen molar-refractivity contribution in [3.63, 3.8) is 0 Å². The average molecular weight is 510 g/mol. The quantitative estimate of drug-likeness (QED) is 0.407. The van der Waals surface area contributed by atoms with E-state index >= 15 is 0 Å². The van der Waals surface area contributed by atoms with Gasteiger partial charge in [0.15, 0.2) is 0 Å². The van der Waals surface area contributed by atoms with Crippen molar-refractivity contribution in [1.82, 2.24) is 5.32 Å². The zero-order valence-corrected chi connectivity index (χ0v) is 18.9. The summed E-state index contributed by atoms with van der Waals surface area (Å²) in [5.74, 6) is 0.773. The number of carbonyl (C=O) groups is 1. The smallest absolute Gasteiger partial charge is 0.240 e. The van der Waals surface area contributed by atoms with Crippen LogP contribution in [0.3, 0.4) is 0 Å². The van der Waals surface area contributed by atoms with Crippen molar-refractivity contribution in [3.05, 3.63) is 27.8 Å². The van der Waals surface area contributed by atoms with Gasteiger partial charge >= 0.3 is 0 Å². The minimum atomic E-state index is -3.51. The molecule has 2 rings (SSSR count). The second-order valence-electron chi connectivity index (χ2n) is 6.58. The highest BCUT2D eigenvalue weighted by Gasteiger charge is 2.20. The van der Waals surface area contributed by atoms with Gasteiger partial charge in [0.25, 0.3) is 0 Å². The third kappa shape index (κ3) is 7.64. The molecule has 0 heterocycles. The number of amides is 1. The Morgan fingerprint density at radius 2 is 1.88 bits per heavy atom. The third-order valence-corrected chi connectivity index (χ3v) is 7.68. The minimum absolute atomic E-state index is 0.185. The number of anilines is 1. The van der Waals surface area contributed by atoms with Crippen LogP contribution < -0.4 is 9.62 Å². The molecule has 146 valence electrons. The Morgan fingerprint density at radius 3 is 2.50 bits per heavy atom. The average Bonchev–Trinajstić information content (AvgIpc) is 2.60. The fourth-order valence-corrected chi connectivity index (χ4v) is 5.50. The van der Waals surface area contributed by atoms with E-state index in [1.54, 1.807) is 12.1 Å². The Kier molecular flexibility index (Phi) is 9.02. The number of carbonyl (C=O) groups excluding carboxylic acids is 1. The minimum Gasteiger partial charge on any atom is -0.354 e. The van der Waals surface area contributed by atoms with Crippen LogP contribution in [0.5, 0.6) is 0 Å². The first kappa shape index (κ1) is 21.8. The summed E-state index contributed by atoms with van der Waals surface area (Å²) in [5.41, 5.74) is 0.510. The molecule has 0 aromatic heterocycles. The lowest BCUT2D eigenvalue weighted by molar-refractivity contribution is -0.119. The van der Waals surface area contributed by atoms with E-state index in [-0.39, 0.29) is 12.5 Å². The van der Waals surface area contributed by atoms with E-state index in [4.69, 9.17) is 0 Å². The molecule has 1 fully saturated rings. The summed E-state index contributed by atoms with van der Waals surface area (Å²) >= 11 is 4.17. The van der Waals surface area contributed by atoms with Crippen LogP contribution in [0.15, 0.2) is 24.3 Å². The van der Waals surface area contributed by atoms with Gasteiger partial charge in [-0.25, -0.2) is 8.42 Å². The number of nitrogens with zero attached hydrogens (tertiary/aromatic N) is 1. The Labute approximate surface area is 174 Å². The molecule has 5 nitrogen and oxygen atoms in total. The van der Waals surface area contributed by atoms with Gasteiger partial charge in [0.2, 0.25) is 15.9 Å². The topological polar surface area (TPSA) is 66.5 Å². The number of benzene rings is 1. The van der Waals surface area contributed by atoms with Crippen molar-refractivity contribution in [3.8, 4) is 0 Å². The molecular weight excluding hydrogens is 483 g/mol. The predicted octanol–water partition coefficient (Wildman–Crippen LogP) is 3.63. The number of rotatable bonds is 9. The molecule has 0 bridgehead atoms. The highest BCUT2D eigenvalue weighted by molar-refractivity contribution is 14.1. The maximum absolute atomic E-state index is 12.2. The molecule has 0 atom stereocenters. The standard InChI is InChI=1S/C18H27IN2O3S2/c1-26(23,24)21(16-10-8-15(19)9-11-16)14-18(22)20-12-5-13-25-17-6-3-2-4-7-17/h8-11,17H,2-7,12-14H2,1H3,(H,20,22). The first-order chi connectivity index (χ1) is 12.4. The maximum Gasteiger partial charge on any atom is 0.240 e. The molecule has 0 radical (unpaired) electrons. The van der Waals surface area contributed by atoms with E-state index in [1.807, 2.05) is 23.9 Å². The molecule has 1 aromatic carbocycles. The van der Waals surface area contributed by atoms with Crippen molar-refractivity contribution >= 4 is 56.0 Å². The van der Waals surface area contributed by atoms with Gasteiger partial charge in [-0.3, -0.25) is 9.10 Å². The van der Waals surface area contributed by atoms with Crippen molar-refractivity contribution in [2.75, 3.05) is 29.4 Å². The summed E-state index contributed by atoms with van der Waals surface area (Å²) in [5, 5.41) is 3.62. The lowest BCUT2D eigenvalue weighted by atomic mass is 10.0. The molecule has 1 aromatic rings. The fourth-order valence-electron chi connectivity index (χ4n) is 2.98. The van der Waals surface area contributed by atoms with E-state index in [0.29, 0.717) is 12.2 Å². The second-order valence-corrected chi connectivity index (χ2v) is 11.1. The van der Waals surface area contributed by atoms with Crippen molar-refractivity contribution in [2.45, 2.75) is 43.8 Å². The van der Waals surface area contributed by atoms with E-state index in [9.17, 15) is 13.2 Å². The zero-order chi connectivity index (χ0) is 19.0. The Balaban J connectivity index is 1.75. The van der Waals surface area contributed by atoms with Crippen LogP contribution in [0.1, 0.15) is 38.5 Å². The number of halogens is 1. The van der Waals surface area contributed by atoms with Crippen molar-refractivity contribution in [2.24, 2.45) is 0 Å². The van der Waals surface area contributed by atoms with Crippen LogP contribution in [-0.2, 0) is 14.8 Å². The molecule has 26 heavy (non-hydrogen) atoms. The number of nitrogens with one attached hydrogen (secondary N) is 1. The van der Waals surface area contributed by atoms with Crippen LogP contribution in [0.25, 0.3) is 0 Å². The van der Waals surface area contributed by atoms with Crippen LogP contribution in [0.2, 0.25) is 0 Å². The summed E-state index contributed by atoms with van der Waals surface area (Å²) in [6.45, 7) is 0.401. The maximum atomic E-state index is 12.2. The summed E-state index contributed by atoms with van der Waals surface area (Å²) in [6.07, 6.45) is 8.72. The molecule has 0 spiro atoms. The number of thioether (sulfide) groups is 1. The van der Waals surface area contributed by atoms with Crippen LogP contribution in [0.4, 0.5) is 5.69 Å². The van der Waals surface area contributed by atoms with E-state index in [0.717, 1.165) is 31.6 Å². The van der Waals surface area contributed by atoms with Gasteiger partial charge in [-0.2, -0.15) is 11.8 Å². The van der Waals surface area contributed by atoms with E-state index in [2.05, 4.69) is 27.9 Å². The molecule has 1 N–H and O–H groups in total. The van der Waals surface area contributed by atoms with Crippen molar-refractivity contribution < 1.29 is 13.2 Å². The molecule has 0 saturated heterocycles. The van der Waals surface area contributed by atoms with Gasteiger partial charge in [0, 0.05) is 15.4 Å². The third-order valence-electron chi connectivity index (χ3n) is 4.35. The molecule has 1 saturated carbocycles. The molecule has 1 amide bonds. The van der Waals surface area contributed by atoms with Crippen molar-refractivity contribution in [1.29, 1.82) is 0 Å². The number of sulfonamides is 1. The molecule has 0 unspecified atom stereocenters. The first-order valence-electron chi connectivity index (χ1n) is 8.98. The summed E-state index contributed by atoms with van der Waals surface area (Å²) in [4.78, 5) is 12.2. The first-order valence-corrected chi connectivity index (χ1v) is 13.0. The Bertz CT molecular complexity index is 674. The van der Waals surface area contributed by atoms with E-state index < -0.39 is 10.0 Å². The molecule has 1 aliphatic rings. The molecule has 0 aliphatic heterocycles. The number of hydrogen-bond acceptors (Lipinski definition) is 4. The lowest BCUT2D eigenvalue weighted by Gasteiger charge is -2.22. The normalized spacial score (nSPS) is 15.6. The predicted molar refractivity (Wildman–Crippen MR) is 118 cm³/mol. The molecule has 1 aliphatic carbocycles. The largest absolute Gasteiger partial charge is 0.354 e. The molecular formula is C18H27IN2O3S2. The van der Waals surface area contributed by atoms with Crippen LogP contribution >= 0.6 is 34.4 Å². The summed E-state index contributed by atoms with van der Waals surface area (Å²) < 4.78 is 26.3. The van der Waals surface area contributed by atoms with Gasteiger partial charge in [-0.1, -0.05) is 19.3 Å². The lowest BCUT2D eigenvalue weighted by Crippen LogP contribution is -2.40. The zero-order valence-electron chi connectivity index (χ0n) is 15.1. The molecule has 8 heteroatoms. The fraction of sp³-hybridized carbons (Fsp3) is 0.611. The van der Waals surface area contributed by atoms with Gasteiger partial charge in [-0.15, -0.1) is 0 Å². The summed E-state index contributed by atoms with van der Waals surface area (Å²) in [6, 6.07) is 7.09. The summed E-state index contributed by atoms with van der Waals surface area (Å²) in [7, 11) is -3.51. The highest BCUT2D eigenvalue weighted by Crippen LogP contribution is 2.28. The van der Waals surface area contributed by atoms with Gasteiger partial charge in [0.05, 0.1) is 11.9 Å². The van der Waals surface area contributed by atoms with Crippen LogP contribution in [0, 0.1) is 3.57 Å². The van der Waals surface area contributed by atoms with Crippen LogP contribution in [-0.4, -0.2) is 44.7 Å². The van der Waals surface area contributed by atoms with Gasteiger partial charge < -0.3 is 5.32 Å². The Morgan fingerprint density at radius 1 is 1.23 bits per heavy atom. The second kappa shape index (κ2) is 10.8.